The Morgan fingerprint density at radius 3 is 2.80 bits per heavy atom. The molecule has 6 heteroatoms. The van der Waals surface area contributed by atoms with Crippen LogP contribution in [0.4, 0.5) is 0 Å². The fourth-order valence-electron chi connectivity index (χ4n) is 3.42. The van der Waals surface area contributed by atoms with E-state index in [1.54, 1.807) is 6.92 Å². The average molecular weight is 361 g/mol. The van der Waals surface area contributed by atoms with E-state index in [0.717, 1.165) is 48.0 Å². The molecule has 0 spiro atoms. The first-order valence-corrected chi connectivity index (χ1v) is 9.27. The highest BCUT2D eigenvalue weighted by molar-refractivity contribution is 6.31. The van der Waals surface area contributed by atoms with Gasteiger partial charge in [-0.3, -0.25) is 4.79 Å². The van der Waals surface area contributed by atoms with E-state index in [2.05, 4.69) is 13.8 Å². The van der Waals surface area contributed by atoms with Crippen LogP contribution in [0, 0.1) is 5.92 Å². The first kappa shape index (κ1) is 17.9. The van der Waals surface area contributed by atoms with Gasteiger partial charge in [-0.1, -0.05) is 43.6 Å². The van der Waals surface area contributed by atoms with Gasteiger partial charge in [-0.15, -0.1) is 0 Å². The van der Waals surface area contributed by atoms with E-state index in [-0.39, 0.29) is 11.9 Å². The monoisotopic (exact) mass is 360 g/mol. The quantitative estimate of drug-likeness (QED) is 0.813. The number of rotatable bonds is 5. The Bertz CT molecular complexity index is 756. The minimum Gasteiger partial charge on any atom is -0.333 e. The first-order valence-electron chi connectivity index (χ1n) is 8.90. The highest BCUT2D eigenvalue weighted by atomic mass is 35.5. The SMILES string of the molecule is CC(=O)N1CCC[C@H]1c1nc(CC(C)C)nn1Cc1ccccc1Cl. The summed E-state index contributed by atoms with van der Waals surface area (Å²) in [6.45, 7) is 7.31. The third-order valence-electron chi connectivity index (χ3n) is 4.57. The van der Waals surface area contributed by atoms with Crippen LogP contribution in [0.3, 0.4) is 0 Å². The zero-order chi connectivity index (χ0) is 18.0. The van der Waals surface area contributed by atoms with Crippen molar-refractivity contribution in [2.24, 2.45) is 5.92 Å². The van der Waals surface area contributed by atoms with E-state index in [1.807, 2.05) is 33.8 Å². The number of hydrogen-bond acceptors (Lipinski definition) is 3. The Hall–Kier alpha value is -1.88. The molecule has 0 aliphatic carbocycles. The average Bonchev–Trinajstić information content (AvgIpc) is 3.15. The fraction of sp³-hybridized carbons (Fsp3) is 0.526. The topological polar surface area (TPSA) is 51.0 Å². The molecule has 0 bridgehead atoms. The number of nitrogens with zero attached hydrogens (tertiary/aromatic N) is 4. The molecule has 1 amide bonds. The van der Waals surface area contributed by atoms with Crippen molar-refractivity contribution in [1.29, 1.82) is 0 Å². The van der Waals surface area contributed by atoms with E-state index in [4.69, 9.17) is 21.7 Å². The molecule has 0 unspecified atom stereocenters. The number of likely N-dealkylation sites (tertiary alicyclic amines) is 1. The van der Waals surface area contributed by atoms with Crippen molar-refractivity contribution in [2.45, 2.75) is 52.6 Å². The van der Waals surface area contributed by atoms with Crippen molar-refractivity contribution in [3.05, 3.63) is 46.5 Å². The normalized spacial score (nSPS) is 17.5. The zero-order valence-electron chi connectivity index (χ0n) is 15.1. The number of carbonyl (C=O) groups excluding carboxylic acids is 1. The minimum atomic E-state index is 0.00778. The molecule has 25 heavy (non-hydrogen) atoms. The van der Waals surface area contributed by atoms with E-state index in [9.17, 15) is 4.79 Å². The Kier molecular flexibility index (Phi) is 5.42. The summed E-state index contributed by atoms with van der Waals surface area (Å²) in [7, 11) is 0. The molecule has 1 aromatic heterocycles. The van der Waals surface area contributed by atoms with Gasteiger partial charge < -0.3 is 4.90 Å². The van der Waals surface area contributed by atoms with Crippen molar-refractivity contribution in [1.82, 2.24) is 19.7 Å². The van der Waals surface area contributed by atoms with Crippen LogP contribution in [0.25, 0.3) is 0 Å². The van der Waals surface area contributed by atoms with Gasteiger partial charge in [0, 0.05) is 24.9 Å². The van der Waals surface area contributed by atoms with Crippen LogP contribution in [0.5, 0.6) is 0 Å². The van der Waals surface area contributed by atoms with Crippen molar-refractivity contribution < 1.29 is 4.79 Å². The van der Waals surface area contributed by atoms with E-state index >= 15 is 0 Å². The molecule has 1 saturated heterocycles. The summed E-state index contributed by atoms with van der Waals surface area (Å²) in [5, 5.41) is 5.46. The van der Waals surface area contributed by atoms with Crippen LogP contribution in [0.2, 0.25) is 5.02 Å². The van der Waals surface area contributed by atoms with Gasteiger partial charge in [0.05, 0.1) is 12.6 Å². The third kappa shape index (κ3) is 4.03. The second-order valence-electron chi connectivity index (χ2n) is 7.10. The predicted octanol–water partition coefficient (Wildman–Crippen LogP) is 3.86. The molecule has 2 heterocycles. The summed E-state index contributed by atoms with van der Waals surface area (Å²) < 4.78 is 1.94. The molecule has 3 rings (SSSR count). The molecule has 2 aromatic rings. The van der Waals surface area contributed by atoms with Crippen molar-refractivity contribution in [2.75, 3.05) is 6.54 Å². The predicted molar refractivity (Wildman–Crippen MR) is 98.5 cm³/mol. The lowest BCUT2D eigenvalue weighted by molar-refractivity contribution is -0.129. The summed E-state index contributed by atoms with van der Waals surface area (Å²) >= 11 is 6.33. The van der Waals surface area contributed by atoms with Crippen LogP contribution in [-0.4, -0.2) is 32.1 Å². The van der Waals surface area contributed by atoms with Gasteiger partial charge in [0.15, 0.2) is 5.82 Å². The summed E-state index contributed by atoms with van der Waals surface area (Å²) in [4.78, 5) is 18.7. The molecule has 1 aliphatic heterocycles. The Morgan fingerprint density at radius 2 is 2.12 bits per heavy atom. The maximum atomic E-state index is 12.0. The van der Waals surface area contributed by atoms with Crippen molar-refractivity contribution in [3.8, 4) is 0 Å². The van der Waals surface area contributed by atoms with Crippen molar-refractivity contribution >= 4 is 17.5 Å². The Labute approximate surface area is 154 Å². The summed E-state index contributed by atoms with van der Waals surface area (Å²) in [6, 6.07) is 7.80. The van der Waals surface area contributed by atoms with E-state index in [1.165, 1.54) is 0 Å². The Balaban J connectivity index is 1.96. The maximum absolute atomic E-state index is 12.0. The number of hydrogen-bond donors (Lipinski definition) is 0. The van der Waals surface area contributed by atoms with Crippen LogP contribution in [0.1, 0.15) is 56.9 Å². The summed E-state index contributed by atoms with van der Waals surface area (Å²) in [5.74, 6) is 2.30. The summed E-state index contributed by atoms with van der Waals surface area (Å²) in [6.07, 6.45) is 2.76. The number of benzene rings is 1. The molecular weight excluding hydrogens is 336 g/mol. The second-order valence-corrected chi connectivity index (χ2v) is 7.51. The molecular formula is C19H25ClN4O. The van der Waals surface area contributed by atoms with Gasteiger partial charge in [-0.25, -0.2) is 9.67 Å². The van der Waals surface area contributed by atoms with Gasteiger partial charge >= 0.3 is 0 Å². The van der Waals surface area contributed by atoms with Gasteiger partial charge in [0.1, 0.15) is 5.82 Å². The van der Waals surface area contributed by atoms with E-state index < -0.39 is 0 Å². The van der Waals surface area contributed by atoms with Crippen LogP contribution in [-0.2, 0) is 17.8 Å². The number of aromatic nitrogens is 3. The molecule has 0 radical (unpaired) electrons. The Morgan fingerprint density at radius 1 is 1.36 bits per heavy atom. The largest absolute Gasteiger partial charge is 0.333 e. The minimum absolute atomic E-state index is 0.00778. The standard InChI is InChI=1S/C19H25ClN4O/c1-13(2)11-18-21-19(17-9-6-10-23(17)14(3)25)24(22-18)12-15-7-4-5-8-16(15)20/h4-5,7-8,13,17H,6,9-12H2,1-3H3/t17-/m0/s1. The lowest BCUT2D eigenvalue weighted by Crippen LogP contribution is -2.30. The number of amides is 1. The summed E-state index contributed by atoms with van der Waals surface area (Å²) in [5.41, 5.74) is 1.01. The number of carbonyl (C=O) groups is 1. The van der Waals surface area contributed by atoms with Crippen LogP contribution >= 0.6 is 11.6 Å². The maximum Gasteiger partial charge on any atom is 0.220 e. The van der Waals surface area contributed by atoms with Gasteiger partial charge in [-0.05, 0) is 30.4 Å². The highest BCUT2D eigenvalue weighted by Crippen LogP contribution is 2.31. The molecule has 134 valence electrons. The second kappa shape index (κ2) is 7.56. The van der Waals surface area contributed by atoms with Gasteiger partial charge in [0.25, 0.3) is 0 Å². The third-order valence-corrected chi connectivity index (χ3v) is 4.94. The van der Waals surface area contributed by atoms with Gasteiger partial charge in [-0.2, -0.15) is 5.10 Å². The molecule has 1 aromatic carbocycles. The first-order chi connectivity index (χ1) is 12.0. The lowest BCUT2D eigenvalue weighted by atomic mass is 10.1. The van der Waals surface area contributed by atoms with Crippen LogP contribution in [0.15, 0.2) is 24.3 Å². The molecule has 0 N–H and O–H groups in total. The van der Waals surface area contributed by atoms with Gasteiger partial charge in [0.2, 0.25) is 5.91 Å². The molecule has 0 saturated carbocycles. The smallest absolute Gasteiger partial charge is 0.220 e. The van der Waals surface area contributed by atoms with Crippen molar-refractivity contribution in [3.63, 3.8) is 0 Å². The number of halogens is 1. The highest BCUT2D eigenvalue weighted by Gasteiger charge is 2.32. The lowest BCUT2D eigenvalue weighted by Gasteiger charge is -2.23. The van der Waals surface area contributed by atoms with Crippen LogP contribution < -0.4 is 0 Å². The molecule has 1 atom stereocenters. The van der Waals surface area contributed by atoms with E-state index in [0.29, 0.717) is 12.5 Å². The fourth-order valence-corrected chi connectivity index (χ4v) is 3.61. The molecule has 5 nitrogen and oxygen atoms in total. The molecule has 1 fully saturated rings. The molecule has 1 aliphatic rings. The zero-order valence-corrected chi connectivity index (χ0v) is 15.8.